The van der Waals surface area contributed by atoms with Crippen LogP contribution in [0.25, 0.3) is 10.2 Å². The molecular weight excluding hydrogens is 436 g/mol. The largest absolute Gasteiger partial charge is 0.483 e. The lowest BCUT2D eigenvalue weighted by Crippen LogP contribution is -2.17. The lowest BCUT2D eigenvalue weighted by atomic mass is 10.2. The van der Waals surface area contributed by atoms with Crippen molar-refractivity contribution in [3.05, 3.63) is 43.5 Å². The number of aromatic nitrogens is 1. The van der Waals surface area contributed by atoms with Crippen molar-refractivity contribution in [1.82, 2.24) is 4.98 Å². The van der Waals surface area contributed by atoms with E-state index < -0.39 is 0 Å². The number of anilines is 1. The van der Waals surface area contributed by atoms with E-state index in [-0.39, 0.29) is 12.5 Å². The maximum Gasteiger partial charge on any atom is 0.290 e. The first-order valence-corrected chi connectivity index (χ1v) is 10.1. The zero-order valence-electron chi connectivity index (χ0n) is 13.9. The van der Waals surface area contributed by atoms with Crippen LogP contribution in [0.4, 0.5) is 5.69 Å². The number of halogens is 1. The molecule has 0 unspecified atom stereocenters. The van der Waals surface area contributed by atoms with Crippen molar-refractivity contribution in [2.45, 2.75) is 25.9 Å². The molecule has 3 aromatic rings. The van der Waals surface area contributed by atoms with Gasteiger partial charge < -0.3 is 16.2 Å². The van der Waals surface area contributed by atoms with Crippen LogP contribution in [0, 0.1) is 11.3 Å². The van der Waals surface area contributed by atoms with E-state index in [4.69, 9.17) is 15.6 Å². The van der Waals surface area contributed by atoms with Crippen LogP contribution in [0.5, 0.6) is 0 Å². The van der Waals surface area contributed by atoms with Gasteiger partial charge in [0, 0.05) is 22.3 Å². The molecule has 3 aromatic heterocycles. The van der Waals surface area contributed by atoms with Crippen molar-refractivity contribution in [2.24, 2.45) is 5.73 Å². The van der Waals surface area contributed by atoms with Crippen LogP contribution in [0.15, 0.2) is 28.1 Å². The summed E-state index contributed by atoms with van der Waals surface area (Å²) in [5.41, 5.74) is 8.12. The summed E-state index contributed by atoms with van der Waals surface area (Å²) in [6, 6.07) is 8.16. The number of carboxylic acid groups (broad SMARTS) is 1. The van der Waals surface area contributed by atoms with Crippen LogP contribution in [0.1, 0.15) is 22.4 Å². The molecule has 0 aliphatic rings. The number of carbonyl (C=O) groups is 1. The van der Waals surface area contributed by atoms with Crippen molar-refractivity contribution in [2.75, 3.05) is 5.32 Å². The Hall–Kier alpha value is -1.99. The van der Waals surface area contributed by atoms with Crippen LogP contribution in [-0.2, 0) is 17.8 Å². The topological polar surface area (TPSA) is 112 Å². The molecule has 0 saturated carbocycles. The Kier molecular flexibility index (Phi) is 7.53. The van der Waals surface area contributed by atoms with Gasteiger partial charge in [-0.05, 0) is 46.8 Å². The number of nitrogens with two attached hydrogens (primary N) is 1. The van der Waals surface area contributed by atoms with Gasteiger partial charge in [-0.2, -0.15) is 5.26 Å². The molecule has 26 heavy (non-hydrogen) atoms. The van der Waals surface area contributed by atoms with E-state index in [1.165, 1.54) is 4.88 Å². The molecule has 0 aromatic carbocycles. The van der Waals surface area contributed by atoms with Crippen molar-refractivity contribution in [1.29, 1.82) is 5.26 Å². The zero-order chi connectivity index (χ0) is 19.1. The molecule has 3 rings (SSSR count). The molecular formula is C17H17BrN4O2S2. The highest BCUT2D eigenvalue weighted by Gasteiger charge is 2.17. The van der Waals surface area contributed by atoms with Gasteiger partial charge in [0.25, 0.3) is 6.47 Å². The van der Waals surface area contributed by atoms with Gasteiger partial charge in [-0.15, -0.1) is 22.7 Å². The molecule has 1 atom stereocenters. The van der Waals surface area contributed by atoms with Gasteiger partial charge in [0.15, 0.2) is 0 Å². The number of hydrogen-bond acceptors (Lipinski definition) is 7. The highest BCUT2D eigenvalue weighted by Crippen LogP contribution is 2.39. The first kappa shape index (κ1) is 20.3. The van der Waals surface area contributed by atoms with E-state index >= 15 is 0 Å². The molecule has 0 saturated heterocycles. The summed E-state index contributed by atoms with van der Waals surface area (Å²) >= 11 is 7.01. The number of nitrogens with one attached hydrogen (secondary N) is 1. The summed E-state index contributed by atoms with van der Waals surface area (Å²) in [5.74, 6) is 0. The first-order valence-electron chi connectivity index (χ1n) is 7.61. The monoisotopic (exact) mass is 452 g/mol. The van der Waals surface area contributed by atoms with E-state index in [0.717, 1.165) is 38.2 Å². The van der Waals surface area contributed by atoms with Crippen molar-refractivity contribution < 1.29 is 9.90 Å². The molecule has 3 heterocycles. The summed E-state index contributed by atoms with van der Waals surface area (Å²) in [5, 5.41) is 21.6. The minimum Gasteiger partial charge on any atom is -0.483 e. The molecule has 0 aliphatic carbocycles. The van der Waals surface area contributed by atoms with Crippen LogP contribution in [-0.4, -0.2) is 22.6 Å². The second kappa shape index (κ2) is 9.64. The van der Waals surface area contributed by atoms with Crippen molar-refractivity contribution >= 4 is 61.0 Å². The summed E-state index contributed by atoms with van der Waals surface area (Å²) in [6.45, 7) is 2.47. The Morgan fingerprint density at radius 1 is 1.58 bits per heavy atom. The standard InChI is InChI=1S/C16H15BrN4S2.CH2O2/c1-9(19)5-13-14(17)15-16(23-13)12(6-10(7-18)21-15)20-8-11-3-2-4-22-11;2-1-3/h2-4,6,9H,5,8,19H2,1H3,(H,20,21);1H,(H,2,3)/t9-;/m0./s1. The number of fused-ring (bicyclic) bond motifs is 1. The van der Waals surface area contributed by atoms with E-state index in [1.807, 2.05) is 19.1 Å². The molecule has 0 radical (unpaired) electrons. The summed E-state index contributed by atoms with van der Waals surface area (Å²) in [4.78, 5) is 15.2. The number of rotatable bonds is 5. The summed E-state index contributed by atoms with van der Waals surface area (Å²) in [6.07, 6.45) is 0.786. The Balaban J connectivity index is 0.000000758. The number of pyridine rings is 1. The maximum absolute atomic E-state index is 9.25. The van der Waals surface area contributed by atoms with Gasteiger partial charge in [0.05, 0.1) is 20.4 Å². The van der Waals surface area contributed by atoms with Crippen LogP contribution in [0.3, 0.4) is 0 Å². The third-order valence-electron chi connectivity index (χ3n) is 3.31. The smallest absolute Gasteiger partial charge is 0.290 e. The molecule has 0 bridgehead atoms. The second-order valence-electron chi connectivity index (χ2n) is 5.40. The van der Waals surface area contributed by atoms with Gasteiger partial charge in [0.2, 0.25) is 0 Å². The predicted octanol–water partition coefficient (Wildman–Crippen LogP) is 4.19. The summed E-state index contributed by atoms with van der Waals surface area (Å²) < 4.78 is 2.01. The first-order chi connectivity index (χ1) is 12.5. The highest BCUT2D eigenvalue weighted by atomic mass is 79.9. The average molecular weight is 453 g/mol. The van der Waals surface area contributed by atoms with E-state index in [0.29, 0.717) is 5.69 Å². The highest BCUT2D eigenvalue weighted by molar-refractivity contribution is 9.10. The average Bonchev–Trinajstić information content (AvgIpc) is 3.22. The van der Waals surface area contributed by atoms with Gasteiger partial charge in [-0.25, -0.2) is 4.98 Å². The van der Waals surface area contributed by atoms with E-state index in [1.54, 1.807) is 22.7 Å². The number of nitrogens with zero attached hydrogens (tertiary/aromatic N) is 2. The van der Waals surface area contributed by atoms with Gasteiger partial charge in [-0.1, -0.05) is 6.07 Å². The molecule has 9 heteroatoms. The van der Waals surface area contributed by atoms with Crippen molar-refractivity contribution in [3.8, 4) is 6.07 Å². The molecule has 0 fully saturated rings. The number of thiophene rings is 2. The van der Waals surface area contributed by atoms with Crippen LogP contribution >= 0.6 is 38.6 Å². The zero-order valence-corrected chi connectivity index (χ0v) is 17.1. The Labute approximate surface area is 167 Å². The molecule has 0 spiro atoms. The molecule has 136 valence electrons. The minimum absolute atomic E-state index is 0.0809. The molecule has 6 nitrogen and oxygen atoms in total. The maximum atomic E-state index is 9.25. The van der Waals surface area contributed by atoms with Crippen LogP contribution < -0.4 is 11.1 Å². The fourth-order valence-electron chi connectivity index (χ4n) is 2.29. The lowest BCUT2D eigenvalue weighted by Gasteiger charge is -2.06. The van der Waals surface area contributed by atoms with E-state index in [9.17, 15) is 5.26 Å². The van der Waals surface area contributed by atoms with Gasteiger partial charge >= 0.3 is 0 Å². The predicted molar refractivity (Wildman–Crippen MR) is 110 cm³/mol. The quantitative estimate of drug-likeness (QED) is 0.500. The third kappa shape index (κ3) is 5.02. The summed E-state index contributed by atoms with van der Waals surface area (Å²) in [7, 11) is 0. The minimum atomic E-state index is -0.250. The molecule has 4 N–H and O–H groups in total. The lowest BCUT2D eigenvalue weighted by molar-refractivity contribution is -0.122. The van der Waals surface area contributed by atoms with Crippen LogP contribution in [0.2, 0.25) is 0 Å². The second-order valence-corrected chi connectivity index (χ2v) is 8.33. The Morgan fingerprint density at radius 2 is 2.31 bits per heavy atom. The normalized spacial score (nSPS) is 11.3. The SMILES string of the molecule is C[C@H](N)Cc1sc2c(NCc3cccs3)cc(C#N)nc2c1Br.O=CO. The fourth-order valence-corrected chi connectivity index (χ4v) is 5.02. The Morgan fingerprint density at radius 3 is 2.88 bits per heavy atom. The number of hydrogen-bond donors (Lipinski definition) is 3. The molecule has 0 aliphatic heterocycles. The van der Waals surface area contributed by atoms with Crippen molar-refractivity contribution in [3.63, 3.8) is 0 Å². The Bertz CT molecular complexity index is 917. The van der Waals surface area contributed by atoms with E-state index in [2.05, 4.69) is 43.7 Å². The number of nitriles is 1. The molecule has 0 amide bonds. The van der Waals surface area contributed by atoms with Gasteiger partial charge in [0.1, 0.15) is 11.8 Å². The van der Waals surface area contributed by atoms with Gasteiger partial charge in [-0.3, -0.25) is 4.79 Å². The fraction of sp³-hybridized carbons (Fsp3) is 0.235. The third-order valence-corrected chi connectivity index (χ3v) is 6.53.